The first kappa shape index (κ1) is 29.6. The summed E-state index contributed by atoms with van der Waals surface area (Å²) in [7, 11) is 0. The maximum absolute atomic E-state index is 13.7. The summed E-state index contributed by atoms with van der Waals surface area (Å²) in [5, 5.41) is 6.00. The summed E-state index contributed by atoms with van der Waals surface area (Å²) in [6.45, 7) is 11.5. The van der Waals surface area contributed by atoms with Gasteiger partial charge in [0.25, 0.3) is 5.56 Å². The molecule has 0 spiro atoms. The van der Waals surface area contributed by atoms with Crippen molar-refractivity contribution in [3.8, 4) is 16.9 Å². The lowest BCUT2D eigenvalue weighted by molar-refractivity contribution is 0.262. The van der Waals surface area contributed by atoms with Crippen LogP contribution in [0.15, 0.2) is 84.0 Å². The van der Waals surface area contributed by atoms with Gasteiger partial charge in [-0.3, -0.25) is 9.78 Å². The number of anilines is 2. The number of rotatable bonds is 11. The van der Waals surface area contributed by atoms with Crippen molar-refractivity contribution < 1.29 is 9.53 Å². The predicted molar refractivity (Wildman–Crippen MR) is 167 cm³/mol. The molecule has 7 nitrogen and oxygen atoms in total. The highest BCUT2D eigenvalue weighted by Gasteiger charge is 2.19. The Morgan fingerprint density at radius 3 is 2.29 bits per heavy atom. The third-order valence-corrected chi connectivity index (χ3v) is 7.04. The molecule has 2 N–H and O–H groups in total. The normalized spacial score (nSPS) is 11.1. The van der Waals surface area contributed by atoms with Gasteiger partial charge in [-0.15, -0.1) is 0 Å². The molecule has 0 saturated carbocycles. The maximum atomic E-state index is 13.7. The number of nitrogens with one attached hydrogen (secondary N) is 2. The van der Waals surface area contributed by atoms with Crippen LogP contribution in [0.3, 0.4) is 0 Å². The van der Waals surface area contributed by atoms with Crippen molar-refractivity contribution in [2.24, 2.45) is 0 Å². The van der Waals surface area contributed by atoms with E-state index in [-0.39, 0.29) is 23.1 Å². The van der Waals surface area contributed by atoms with Gasteiger partial charge in [0.1, 0.15) is 18.0 Å². The van der Waals surface area contributed by atoms with Crippen LogP contribution >= 0.6 is 0 Å². The molecule has 7 heteroatoms. The first-order chi connectivity index (χ1) is 19.8. The van der Waals surface area contributed by atoms with Crippen LogP contribution in [0.1, 0.15) is 76.0 Å². The second-order valence-electron chi connectivity index (χ2n) is 10.8. The van der Waals surface area contributed by atoms with Gasteiger partial charge < -0.3 is 19.9 Å². The van der Waals surface area contributed by atoms with E-state index in [4.69, 9.17) is 4.74 Å². The molecule has 2 aromatic carbocycles. The molecular formula is C34H40N4O3. The van der Waals surface area contributed by atoms with Gasteiger partial charge in [-0.1, -0.05) is 77.4 Å². The van der Waals surface area contributed by atoms with Crippen LogP contribution in [-0.2, 0) is 13.2 Å². The number of nitrogens with zero attached hydrogens (tertiary/aromatic N) is 2. The molecule has 0 aliphatic carbocycles. The van der Waals surface area contributed by atoms with E-state index in [2.05, 4.69) is 50.2 Å². The van der Waals surface area contributed by atoms with Crippen molar-refractivity contribution in [1.82, 2.24) is 9.55 Å². The molecule has 0 radical (unpaired) electrons. The standard InChI is InChI=1S/C34H40N4O3/c1-6-7-18-38-19-16-30(26-12-8-13-27(20-26)41-22-25-11-10-17-35-21-25)32(33(38)39)37-34(40)36-31-28(23(2)3)14-9-15-29(31)24(4)5/h8-17,19-21,23-24H,6-7,18,22H2,1-5H3,(H2,36,37,40). The Balaban J connectivity index is 1.68. The smallest absolute Gasteiger partial charge is 0.323 e. The molecule has 41 heavy (non-hydrogen) atoms. The second kappa shape index (κ2) is 13.8. The number of para-hydroxylation sites is 1. The molecule has 0 unspecified atom stereocenters. The number of unbranched alkanes of at least 4 members (excludes halogenated alkanes) is 1. The SMILES string of the molecule is CCCCn1ccc(-c2cccc(OCc3cccnc3)c2)c(NC(=O)Nc2c(C(C)C)cccc2C(C)C)c1=O. The molecule has 0 atom stereocenters. The van der Waals surface area contributed by atoms with Crippen LogP contribution in [0.25, 0.3) is 11.1 Å². The number of hydrogen-bond acceptors (Lipinski definition) is 4. The summed E-state index contributed by atoms with van der Waals surface area (Å²) >= 11 is 0. The minimum absolute atomic E-state index is 0.219. The van der Waals surface area contributed by atoms with E-state index < -0.39 is 6.03 Å². The van der Waals surface area contributed by atoms with Crippen LogP contribution in [-0.4, -0.2) is 15.6 Å². The van der Waals surface area contributed by atoms with Crippen molar-refractivity contribution in [3.05, 3.63) is 106 Å². The molecule has 214 valence electrons. The zero-order valence-corrected chi connectivity index (χ0v) is 24.6. The Labute approximate surface area is 242 Å². The van der Waals surface area contributed by atoms with Gasteiger partial charge in [0.15, 0.2) is 0 Å². The van der Waals surface area contributed by atoms with Crippen LogP contribution in [0, 0.1) is 0 Å². The molecule has 2 heterocycles. The third kappa shape index (κ3) is 7.42. The minimum Gasteiger partial charge on any atom is -0.489 e. The highest BCUT2D eigenvalue weighted by Crippen LogP contribution is 2.33. The minimum atomic E-state index is -0.449. The number of aryl methyl sites for hydroxylation is 1. The summed E-state index contributed by atoms with van der Waals surface area (Å²) in [5.74, 6) is 1.10. The van der Waals surface area contributed by atoms with Crippen LogP contribution in [0.5, 0.6) is 5.75 Å². The Morgan fingerprint density at radius 1 is 0.927 bits per heavy atom. The molecule has 2 amide bonds. The number of pyridine rings is 2. The van der Waals surface area contributed by atoms with Crippen LogP contribution in [0.4, 0.5) is 16.2 Å². The van der Waals surface area contributed by atoms with E-state index in [0.29, 0.717) is 24.5 Å². The molecule has 0 aliphatic heterocycles. The first-order valence-electron chi connectivity index (χ1n) is 14.3. The van der Waals surface area contributed by atoms with E-state index in [0.717, 1.165) is 40.8 Å². The number of aromatic nitrogens is 2. The summed E-state index contributed by atoms with van der Waals surface area (Å²) in [5.41, 5.74) is 5.26. The van der Waals surface area contributed by atoms with Gasteiger partial charge in [0, 0.05) is 41.9 Å². The van der Waals surface area contributed by atoms with Gasteiger partial charge in [0.05, 0.1) is 0 Å². The topological polar surface area (TPSA) is 85.2 Å². The number of benzene rings is 2. The van der Waals surface area contributed by atoms with Gasteiger partial charge >= 0.3 is 6.03 Å². The highest BCUT2D eigenvalue weighted by atomic mass is 16.5. The predicted octanol–water partition coefficient (Wildman–Crippen LogP) is 8.18. The number of urea groups is 1. The van der Waals surface area contributed by atoms with Gasteiger partial charge in [-0.2, -0.15) is 0 Å². The Hall–Kier alpha value is -4.39. The monoisotopic (exact) mass is 552 g/mol. The number of carbonyl (C=O) groups excluding carboxylic acids is 1. The maximum Gasteiger partial charge on any atom is 0.323 e. The fraction of sp³-hybridized carbons (Fsp3) is 0.324. The van der Waals surface area contributed by atoms with E-state index in [1.807, 2.05) is 60.7 Å². The van der Waals surface area contributed by atoms with Gasteiger partial charge in [0.2, 0.25) is 0 Å². The van der Waals surface area contributed by atoms with Crippen molar-refractivity contribution in [3.63, 3.8) is 0 Å². The zero-order valence-electron chi connectivity index (χ0n) is 24.6. The Kier molecular flexibility index (Phi) is 9.95. The quantitative estimate of drug-likeness (QED) is 0.196. The molecule has 0 saturated heterocycles. The average molecular weight is 553 g/mol. The van der Waals surface area contributed by atoms with Crippen LogP contribution in [0.2, 0.25) is 0 Å². The largest absolute Gasteiger partial charge is 0.489 e. The highest BCUT2D eigenvalue weighted by molar-refractivity contribution is 6.03. The Morgan fingerprint density at radius 2 is 1.63 bits per heavy atom. The second-order valence-corrected chi connectivity index (χ2v) is 10.8. The molecule has 0 fully saturated rings. The van der Waals surface area contributed by atoms with E-state index in [9.17, 15) is 9.59 Å². The number of amides is 2. The summed E-state index contributed by atoms with van der Waals surface area (Å²) in [6, 6.07) is 18.9. The summed E-state index contributed by atoms with van der Waals surface area (Å²) < 4.78 is 7.67. The lowest BCUT2D eigenvalue weighted by Gasteiger charge is -2.21. The van der Waals surface area contributed by atoms with Crippen molar-refractivity contribution in [2.75, 3.05) is 10.6 Å². The number of ether oxygens (including phenoxy) is 1. The lowest BCUT2D eigenvalue weighted by Crippen LogP contribution is -2.29. The Bertz CT molecular complexity index is 1500. The molecule has 0 bridgehead atoms. The fourth-order valence-electron chi connectivity index (χ4n) is 4.80. The molecule has 4 aromatic rings. The summed E-state index contributed by atoms with van der Waals surface area (Å²) in [6.07, 6.45) is 7.11. The molecule has 0 aliphatic rings. The molecule has 2 aromatic heterocycles. The van der Waals surface area contributed by atoms with Crippen molar-refractivity contribution in [1.29, 1.82) is 0 Å². The lowest BCUT2D eigenvalue weighted by atomic mass is 9.93. The number of hydrogen-bond donors (Lipinski definition) is 2. The van der Waals surface area contributed by atoms with Crippen molar-refractivity contribution >= 4 is 17.4 Å². The third-order valence-electron chi connectivity index (χ3n) is 7.04. The van der Waals surface area contributed by atoms with Gasteiger partial charge in [-0.25, -0.2) is 4.79 Å². The molecular weight excluding hydrogens is 512 g/mol. The van der Waals surface area contributed by atoms with Gasteiger partial charge in [-0.05, 0) is 59.2 Å². The fourth-order valence-corrected chi connectivity index (χ4v) is 4.80. The summed E-state index contributed by atoms with van der Waals surface area (Å²) in [4.78, 5) is 31.3. The number of carbonyl (C=O) groups is 1. The first-order valence-corrected chi connectivity index (χ1v) is 14.3. The van der Waals surface area contributed by atoms with Crippen LogP contribution < -0.4 is 20.9 Å². The average Bonchev–Trinajstić information content (AvgIpc) is 2.97. The van der Waals surface area contributed by atoms with Crippen molar-refractivity contribution in [2.45, 2.75) is 72.4 Å². The van der Waals surface area contributed by atoms with E-state index in [1.54, 1.807) is 23.2 Å². The van der Waals surface area contributed by atoms with E-state index in [1.165, 1.54) is 0 Å². The zero-order chi connectivity index (χ0) is 29.4. The molecule has 4 rings (SSSR count). The van der Waals surface area contributed by atoms with E-state index >= 15 is 0 Å².